The monoisotopic (exact) mass is 787 g/mol. The molecule has 16 nitrogen and oxygen atoms in total. The van der Waals surface area contributed by atoms with Crippen molar-refractivity contribution >= 4 is 75.1 Å². The van der Waals surface area contributed by atoms with E-state index in [9.17, 15) is 46.9 Å². The highest BCUT2D eigenvalue weighted by molar-refractivity contribution is 7.86. The Morgan fingerprint density at radius 1 is 0.759 bits per heavy atom. The lowest BCUT2D eigenvalue weighted by Gasteiger charge is -2.26. The zero-order valence-electron chi connectivity index (χ0n) is 29.3. The van der Waals surface area contributed by atoms with E-state index < -0.39 is 106 Å². The summed E-state index contributed by atoms with van der Waals surface area (Å²) < 4.78 is 66.3. The van der Waals surface area contributed by atoms with Crippen LogP contribution >= 0.6 is 0 Å². The Morgan fingerprint density at radius 3 is 1.83 bits per heavy atom. The van der Waals surface area contributed by atoms with Crippen LogP contribution in [0.3, 0.4) is 0 Å². The van der Waals surface area contributed by atoms with Gasteiger partial charge in [0.25, 0.3) is 20.2 Å². The standard InChI is InChI=1S/C36H37NO15S2/c1-16-10-21-20(4-9-53(46,47)51-7-5-38)34(44)28-22(42)11-18(13-40)25-26-19(14-41)12-23(43)29-31(26)32(27(21)30(25)28)33(36(50-3)35(29)45)24(16)17(2)37-15-54(48,49)52-8-6-39/h10-12,24,38-41,44-45H,4-9,13-15H2,1-3H3. The van der Waals surface area contributed by atoms with E-state index in [2.05, 4.69) is 4.99 Å². The van der Waals surface area contributed by atoms with Crippen LogP contribution in [0.15, 0.2) is 32.3 Å². The summed E-state index contributed by atoms with van der Waals surface area (Å²) >= 11 is 0. The van der Waals surface area contributed by atoms with Gasteiger partial charge in [0.05, 0.1) is 63.3 Å². The van der Waals surface area contributed by atoms with E-state index in [0.29, 0.717) is 5.57 Å². The Balaban J connectivity index is 1.90. The molecule has 5 aromatic carbocycles. The van der Waals surface area contributed by atoms with Crippen LogP contribution in [0.5, 0.6) is 17.2 Å². The van der Waals surface area contributed by atoms with E-state index in [1.54, 1.807) is 13.0 Å². The number of hydrogen-bond donors (Lipinski definition) is 6. The molecule has 0 aliphatic heterocycles. The topological polar surface area (TPSA) is 264 Å². The Bertz CT molecular complexity index is 2740. The SMILES string of the molecule is COc1c(O)c2c(=O)cc(CO)c3c4c(CO)cc(=O)c5c(O)c(CCS(=O)(=O)OCCO)c6c(c(c1C(C(C)=NCS(=O)(=O)OCCO)C(C)=C6)c23)c54. The van der Waals surface area contributed by atoms with Crippen molar-refractivity contribution < 1.29 is 60.6 Å². The van der Waals surface area contributed by atoms with E-state index >= 15 is 0 Å². The number of phenolic OH excluding ortho intramolecular Hbond substituents is 2. The third kappa shape index (κ3) is 6.31. The van der Waals surface area contributed by atoms with Gasteiger partial charge in [0, 0.05) is 33.5 Å². The van der Waals surface area contributed by atoms with Gasteiger partial charge in [-0.15, -0.1) is 0 Å². The van der Waals surface area contributed by atoms with E-state index in [1.807, 2.05) is 0 Å². The zero-order valence-corrected chi connectivity index (χ0v) is 30.9. The van der Waals surface area contributed by atoms with Gasteiger partial charge in [-0.2, -0.15) is 16.8 Å². The fourth-order valence-corrected chi connectivity index (χ4v) is 9.35. The Hall–Kier alpha value is -4.53. The van der Waals surface area contributed by atoms with Gasteiger partial charge < -0.3 is 35.4 Å². The zero-order chi connectivity index (χ0) is 39.4. The van der Waals surface area contributed by atoms with Gasteiger partial charge in [0.2, 0.25) is 0 Å². The summed E-state index contributed by atoms with van der Waals surface area (Å²) in [5.41, 5.74) is -0.392. The number of rotatable bonds is 15. The molecule has 1 atom stereocenters. The van der Waals surface area contributed by atoms with Crippen LogP contribution < -0.4 is 15.6 Å². The highest BCUT2D eigenvalue weighted by Crippen LogP contribution is 2.56. The molecule has 0 bridgehead atoms. The average molecular weight is 788 g/mol. The number of hydrogen-bond acceptors (Lipinski definition) is 16. The summed E-state index contributed by atoms with van der Waals surface area (Å²) in [6, 6.07) is 2.21. The Labute approximate surface area is 307 Å². The van der Waals surface area contributed by atoms with Crippen LogP contribution in [0.25, 0.3) is 49.2 Å². The second-order valence-corrected chi connectivity index (χ2v) is 16.2. The fourth-order valence-electron chi connectivity index (χ4n) is 7.68. The normalized spacial score (nSPS) is 15.3. The van der Waals surface area contributed by atoms with Gasteiger partial charge in [0.1, 0.15) is 5.75 Å². The number of methoxy groups -OCH3 is 1. The third-order valence-corrected chi connectivity index (χ3v) is 11.9. The van der Waals surface area contributed by atoms with Gasteiger partial charge in [-0.05, 0) is 70.6 Å². The molecule has 1 aliphatic carbocycles. The first-order valence-corrected chi connectivity index (χ1v) is 19.7. The van der Waals surface area contributed by atoms with Gasteiger partial charge in [-0.1, -0.05) is 11.6 Å². The predicted molar refractivity (Wildman–Crippen MR) is 200 cm³/mol. The third-order valence-electron chi connectivity index (χ3n) is 9.69. The number of aliphatic hydroxyl groups is 4. The van der Waals surface area contributed by atoms with Gasteiger partial charge >= 0.3 is 0 Å². The van der Waals surface area contributed by atoms with Crippen molar-refractivity contribution in [2.45, 2.75) is 39.4 Å². The molecule has 0 spiro atoms. The molecule has 0 heterocycles. The van der Waals surface area contributed by atoms with Crippen LogP contribution in [-0.4, -0.2) is 98.4 Å². The number of aliphatic imine (C=N–C) groups is 1. The van der Waals surface area contributed by atoms with E-state index in [1.165, 1.54) is 14.0 Å². The first-order chi connectivity index (χ1) is 25.6. The Morgan fingerprint density at radius 2 is 1.30 bits per heavy atom. The molecule has 5 aromatic rings. The summed E-state index contributed by atoms with van der Waals surface area (Å²) in [4.78, 5) is 32.1. The minimum atomic E-state index is -4.28. The van der Waals surface area contributed by atoms with Crippen LogP contribution in [0, 0.1) is 0 Å². The smallest absolute Gasteiger partial charge is 0.287 e. The van der Waals surface area contributed by atoms with E-state index in [4.69, 9.17) is 23.3 Å². The van der Waals surface area contributed by atoms with Crippen molar-refractivity contribution in [3.63, 3.8) is 0 Å². The van der Waals surface area contributed by atoms with E-state index in [0.717, 1.165) is 12.1 Å². The quantitative estimate of drug-likeness (QED) is 0.0380. The number of benzene rings is 5. The summed E-state index contributed by atoms with van der Waals surface area (Å²) in [6.45, 7) is -0.405. The average Bonchev–Trinajstić information content (AvgIpc) is 3.26. The maximum absolute atomic E-state index is 13.9. The minimum Gasteiger partial charge on any atom is -0.507 e. The predicted octanol–water partition coefficient (Wildman–Crippen LogP) is 1.44. The highest BCUT2D eigenvalue weighted by atomic mass is 32.2. The Kier molecular flexibility index (Phi) is 10.6. The lowest BCUT2D eigenvalue weighted by Crippen LogP contribution is -2.17. The molecule has 1 unspecified atom stereocenters. The maximum Gasteiger partial charge on any atom is 0.287 e. The number of nitrogens with zero attached hydrogens (tertiary/aromatic N) is 1. The molecular weight excluding hydrogens is 751 g/mol. The lowest BCUT2D eigenvalue weighted by atomic mass is 9.78. The molecule has 0 amide bonds. The van der Waals surface area contributed by atoms with Crippen molar-refractivity contribution in [3.8, 4) is 17.2 Å². The second kappa shape index (κ2) is 14.6. The first-order valence-electron chi connectivity index (χ1n) is 16.6. The second-order valence-electron chi connectivity index (χ2n) is 12.8. The molecule has 18 heteroatoms. The number of ether oxygens (including phenoxy) is 1. The van der Waals surface area contributed by atoms with Crippen LogP contribution in [-0.2, 0) is 48.2 Å². The number of aromatic hydroxyl groups is 2. The van der Waals surface area contributed by atoms with Crippen LogP contribution in [0.4, 0.5) is 0 Å². The summed E-state index contributed by atoms with van der Waals surface area (Å²) in [5.74, 6) is -3.98. The molecule has 0 radical (unpaired) electrons. The maximum atomic E-state index is 13.9. The van der Waals surface area contributed by atoms with Crippen LogP contribution in [0.2, 0.25) is 0 Å². The number of allylic oxidation sites excluding steroid dienone is 1. The summed E-state index contributed by atoms with van der Waals surface area (Å²) in [6.07, 6.45) is 1.17. The number of fused-ring (bicyclic) bond motifs is 1. The van der Waals surface area contributed by atoms with Crippen molar-refractivity contribution in [2.75, 3.05) is 45.2 Å². The first kappa shape index (κ1) is 39.2. The molecule has 6 rings (SSSR count). The lowest BCUT2D eigenvalue weighted by molar-refractivity contribution is 0.205. The van der Waals surface area contributed by atoms with E-state index in [-0.39, 0.29) is 82.4 Å². The van der Waals surface area contributed by atoms with Crippen molar-refractivity contribution in [3.05, 3.63) is 66.0 Å². The van der Waals surface area contributed by atoms with Crippen molar-refractivity contribution in [1.82, 2.24) is 0 Å². The molecular formula is C36H37NO15S2. The van der Waals surface area contributed by atoms with Gasteiger partial charge in [-0.3, -0.25) is 22.9 Å². The molecule has 0 saturated heterocycles. The number of phenols is 2. The number of aliphatic hydroxyl groups excluding tert-OH is 4. The fraction of sp³-hybridized carbons (Fsp3) is 0.361. The minimum absolute atomic E-state index is 0.0155. The molecule has 0 fully saturated rings. The molecule has 288 valence electrons. The van der Waals surface area contributed by atoms with Crippen molar-refractivity contribution in [1.29, 1.82) is 0 Å². The molecule has 1 aliphatic rings. The van der Waals surface area contributed by atoms with Crippen molar-refractivity contribution in [2.24, 2.45) is 4.99 Å². The summed E-state index contributed by atoms with van der Waals surface area (Å²) in [7, 11) is -7.31. The molecule has 6 N–H and O–H groups in total. The van der Waals surface area contributed by atoms with Gasteiger partial charge in [0.15, 0.2) is 28.2 Å². The largest absolute Gasteiger partial charge is 0.507 e. The van der Waals surface area contributed by atoms with Crippen LogP contribution in [0.1, 0.15) is 47.6 Å². The molecule has 0 saturated carbocycles. The highest BCUT2D eigenvalue weighted by Gasteiger charge is 2.36. The molecule has 54 heavy (non-hydrogen) atoms. The molecule has 0 aromatic heterocycles. The summed E-state index contributed by atoms with van der Waals surface area (Å²) in [5, 5.41) is 63.8. The van der Waals surface area contributed by atoms with Gasteiger partial charge in [-0.25, -0.2) is 0 Å².